The minimum absolute atomic E-state index is 0.00383. The van der Waals surface area contributed by atoms with E-state index in [4.69, 9.17) is 5.73 Å². The summed E-state index contributed by atoms with van der Waals surface area (Å²) in [7, 11) is 0. The first-order chi connectivity index (χ1) is 13.3. The Kier molecular flexibility index (Phi) is 5.50. The average Bonchev–Trinajstić information content (AvgIpc) is 2.85. The van der Waals surface area contributed by atoms with Crippen LogP contribution in [0.3, 0.4) is 0 Å². The molecule has 0 unspecified atom stereocenters. The van der Waals surface area contributed by atoms with Gasteiger partial charge in [-0.25, -0.2) is 9.78 Å². The second-order valence-corrected chi connectivity index (χ2v) is 7.61. The van der Waals surface area contributed by atoms with Gasteiger partial charge in [0.05, 0.1) is 25.5 Å². The Labute approximate surface area is 163 Å². The number of anilines is 1. The summed E-state index contributed by atoms with van der Waals surface area (Å²) in [6.45, 7) is 5.19. The fraction of sp³-hybridized carbons (Fsp3) is 0.611. The summed E-state index contributed by atoms with van der Waals surface area (Å²) in [6.07, 6.45) is 3.74. The number of hydrogen-bond acceptors (Lipinski definition) is 7. The number of aliphatic hydroxyl groups is 1. The SMILES string of the molecule is CC(C)CN1C(=O)N(CCO)C(=O)C12CCN(c1cncc(C(N)=O)n1)CC2. The Morgan fingerprint density at radius 2 is 1.96 bits per heavy atom. The van der Waals surface area contributed by atoms with Gasteiger partial charge in [0.25, 0.3) is 11.8 Å². The van der Waals surface area contributed by atoms with Gasteiger partial charge in [0.1, 0.15) is 17.1 Å². The van der Waals surface area contributed by atoms with Crippen molar-refractivity contribution >= 4 is 23.7 Å². The van der Waals surface area contributed by atoms with E-state index in [2.05, 4.69) is 9.97 Å². The van der Waals surface area contributed by atoms with Crippen molar-refractivity contribution in [1.82, 2.24) is 19.8 Å². The van der Waals surface area contributed by atoms with E-state index in [1.54, 1.807) is 11.1 Å². The summed E-state index contributed by atoms with van der Waals surface area (Å²) in [5.74, 6) is -0.171. The van der Waals surface area contributed by atoms with Crippen molar-refractivity contribution in [3.8, 4) is 0 Å². The highest BCUT2D eigenvalue weighted by Gasteiger charge is 2.57. The minimum atomic E-state index is -0.901. The van der Waals surface area contributed by atoms with E-state index >= 15 is 0 Å². The van der Waals surface area contributed by atoms with Crippen molar-refractivity contribution in [2.24, 2.45) is 11.7 Å². The van der Waals surface area contributed by atoms with Crippen LogP contribution in [0.1, 0.15) is 37.2 Å². The highest BCUT2D eigenvalue weighted by Crippen LogP contribution is 2.38. The number of piperidine rings is 1. The lowest BCUT2D eigenvalue weighted by atomic mass is 9.85. The lowest BCUT2D eigenvalue weighted by Gasteiger charge is -2.43. The summed E-state index contributed by atoms with van der Waals surface area (Å²) in [4.78, 5) is 50.3. The summed E-state index contributed by atoms with van der Waals surface area (Å²) in [6, 6.07) is -0.336. The van der Waals surface area contributed by atoms with Gasteiger partial charge < -0.3 is 20.6 Å². The van der Waals surface area contributed by atoms with Gasteiger partial charge in [-0.05, 0) is 18.8 Å². The number of β-amino-alcohol motifs (C(OH)–C–C–N with tert-alkyl or cyclic N) is 1. The number of urea groups is 1. The van der Waals surface area contributed by atoms with Gasteiger partial charge in [-0.15, -0.1) is 0 Å². The Morgan fingerprint density at radius 3 is 2.54 bits per heavy atom. The molecule has 1 aromatic heterocycles. The standard InChI is InChI=1S/C18H26N6O4/c1-12(2)11-24-17(28)23(7-8-25)16(27)18(24)3-5-22(6-4-18)14-10-20-9-13(21-14)15(19)26/h9-10,12,25H,3-8,11H2,1-2H3,(H2,19,26). The molecule has 3 N–H and O–H groups in total. The van der Waals surface area contributed by atoms with Crippen LogP contribution >= 0.6 is 0 Å². The predicted molar refractivity (Wildman–Crippen MR) is 100 cm³/mol. The zero-order valence-corrected chi connectivity index (χ0v) is 16.2. The van der Waals surface area contributed by atoms with Gasteiger partial charge in [-0.2, -0.15) is 0 Å². The molecule has 10 nitrogen and oxygen atoms in total. The summed E-state index contributed by atoms with van der Waals surface area (Å²) in [5.41, 5.74) is 4.46. The zero-order chi connectivity index (χ0) is 20.5. The first-order valence-electron chi connectivity index (χ1n) is 9.41. The number of carbonyl (C=O) groups excluding carboxylic acids is 3. The van der Waals surface area contributed by atoms with Crippen LogP contribution in [0.15, 0.2) is 12.4 Å². The van der Waals surface area contributed by atoms with E-state index in [1.165, 1.54) is 6.20 Å². The van der Waals surface area contributed by atoms with Crippen LogP contribution in [-0.2, 0) is 4.79 Å². The first kappa shape index (κ1) is 20.0. The number of aromatic nitrogens is 2. The predicted octanol–water partition coefficient (Wildman–Crippen LogP) is -0.173. The van der Waals surface area contributed by atoms with Crippen LogP contribution in [0.4, 0.5) is 10.6 Å². The smallest absolute Gasteiger partial charge is 0.327 e. The van der Waals surface area contributed by atoms with Crippen LogP contribution in [0.5, 0.6) is 0 Å². The van der Waals surface area contributed by atoms with E-state index in [0.717, 1.165) is 4.90 Å². The van der Waals surface area contributed by atoms with Gasteiger partial charge in [0, 0.05) is 19.6 Å². The molecular formula is C18H26N6O4. The number of aliphatic hydroxyl groups excluding tert-OH is 1. The van der Waals surface area contributed by atoms with E-state index < -0.39 is 11.4 Å². The topological polar surface area (TPSA) is 133 Å². The molecule has 2 aliphatic heterocycles. The third-order valence-corrected chi connectivity index (χ3v) is 5.28. The Hall–Kier alpha value is -2.75. The second-order valence-electron chi connectivity index (χ2n) is 7.61. The van der Waals surface area contributed by atoms with E-state index in [9.17, 15) is 19.5 Å². The van der Waals surface area contributed by atoms with Crippen LogP contribution < -0.4 is 10.6 Å². The Bertz CT molecular complexity index is 775. The number of primary amides is 1. The minimum Gasteiger partial charge on any atom is -0.395 e. The molecule has 2 aliphatic rings. The molecule has 0 saturated carbocycles. The van der Waals surface area contributed by atoms with Crippen LogP contribution in [0.25, 0.3) is 0 Å². The van der Waals surface area contributed by atoms with Crippen molar-refractivity contribution in [3.63, 3.8) is 0 Å². The molecule has 0 bridgehead atoms. The molecule has 2 fully saturated rings. The normalized spacial score (nSPS) is 19.2. The molecule has 0 atom stereocenters. The molecule has 4 amide bonds. The number of nitrogens with two attached hydrogens (primary N) is 1. The van der Waals surface area contributed by atoms with Crippen molar-refractivity contribution in [2.75, 3.05) is 37.7 Å². The monoisotopic (exact) mass is 390 g/mol. The van der Waals surface area contributed by atoms with E-state index in [0.29, 0.717) is 38.3 Å². The molecule has 152 valence electrons. The molecule has 1 aromatic rings. The summed E-state index contributed by atoms with van der Waals surface area (Å²) < 4.78 is 0. The number of carbonyl (C=O) groups is 3. The molecule has 3 heterocycles. The van der Waals surface area contributed by atoms with Gasteiger partial charge in [0.2, 0.25) is 0 Å². The molecule has 0 aliphatic carbocycles. The molecule has 2 saturated heterocycles. The number of nitrogens with zero attached hydrogens (tertiary/aromatic N) is 5. The summed E-state index contributed by atoms with van der Waals surface area (Å²) in [5, 5.41) is 9.25. The molecule has 3 rings (SSSR count). The van der Waals surface area contributed by atoms with Crippen LogP contribution in [0.2, 0.25) is 0 Å². The average molecular weight is 390 g/mol. The van der Waals surface area contributed by atoms with E-state index in [1.807, 2.05) is 18.7 Å². The maximum Gasteiger partial charge on any atom is 0.327 e. The number of amides is 4. The molecule has 0 radical (unpaired) electrons. The van der Waals surface area contributed by atoms with Crippen molar-refractivity contribution in [2.45, 2.75) is 32.2 Å². The van der Waals surface area contributed by atoms with Gasteiger partial charge >= 0.3 is 6.03 Å². The lowest BCUT2D eigenvalue weighted by Crippen LogP contribution is -2.57. The van der Waals surface area contributed by atoms with Crippen molar-refractivity contribution < 1.29 is 19.5 Å². The Balaban J connectivity index is 1.83. The highest BCUT2D eigenvalue weighted by molar-refractivity contribution is 6.07. The number of imide groups is 1. The van der Waals surface area contributed by atoms with Gasteiger partial charge in [-0.3, -0.25) is 19.5 Å². The molecular weight excluding hydrogens is 364 g/mol. The van der Waals surface area contributed by atoms with Gasteiger partial charge in [-0.1, -0.05) is 13.8 Å². The van der Waals surface area contributed by atoms with Crippen molar-refractivity contribution in [1.29, 1.82) is 0 Å². The van der Waals surface area contributed by atoms with Crippen LogP contribution in [-0.4, -0.2) is 81.0 Å². The zero-order valence-electron chi connectivity index (χ0n) is 16.2. The maximum atomic E-state index is 13.1. The van der Waals surface area contributed by atoms with Crippen molar-refractivity contribution in [3.05, 3.63) is 18.1 Å². The number of hydrogen-bond donors (Lipinski definition) is 2. The molecule has 10 heteroatoms. The third-order valence-electron chi connectivity index (χ3n) is 5.28. The van der Waals surface area contributed by atoms with Gasteiger partial charge in [0.15, 0.2) is 0 Å². The fourth-order valence-corrected chi connectivity index (χ4v) is 3.91. The Morgan fingerprint density at radius 1 is 1.29 bits per heavy atom. The largest absolute Gasteiger partial charge is 0.395 e. The highest BCUT2D eigenvalue weighted by atomic mass is 16.3. The maximum absolute atomic E-state index is 13.1. The molecule has 1 spiro atoms. The number of rotatable bonds is 6. The molecule has 28 heavy (non-hydrogen) atoms. The molecule has 0 aromatic carbocycles. The van der Waals surface area contributed by atoms with E-state index in [-0.39, 0.29) is 36.7 Å². The second kappa shape index (κ2) is 7.70. The lowest BCUT2D eigenvalue weighted by molar-refractivity contribution is -0.134. The quantitative estimate of drug-likeness (QED) is 0.644. The first-order valence-corrected chi connectivity index (χ1v) is 9.41. The summed E-state index contributed by atoms with van der Waals surface area (Å²) >= 11 is 0. The fourth-order valence-electron chi connectivity index (χ4n) is 3.91. The van der Waals surface area contributed by atoms with Crippen LogP contribution in [0, 0.1) is 5.92 Å². The third kappa shape index (κ3) is 3.39.